The molecule has 0 spiro atoms. The van der Waals surface area contributed by atoms with Gasteiger partial charge in [0.15, 0.2) is 12.3 Å². The predicted molar refractivity (Wildman–Crippen MR) is 80.8 cm³/mol. The Morgan fingerprint density at radius 2 is 2.25 bits per heavy atom. The van der Waals surface area contributed by atoms with E-state index in [1.165, 1.54) is 13.1 Å². The molecule has 0 unspecified atom stereocenters. The van der Waals surface area contributed by atoms with Crippen LogP contribution in [0.25, 0.3) is 0 Å². The first-order valence-corrected chi connectivity index (χ1v) is 7.44. The Balaban J connectivity index is 2.47. The van der Waals surface area contributed by atoms with Crippen LogP contribution in [0.15, 0.2) is 21.9 Å². The fourth-order valence-electron chi connectivity index (χ4n) is 2.59. The van der Waals surface area contributed by atoms with Gasteiger partial charge in [-0.3, -0.25) is 19.1 Å². The molecule has 0 bridgehead atoms. The van der Waals surface area contributed by atoms with Crippen LogP contribution in [-0.2, 0) is 14.3 Å². The van der Waals surface area contributed by atoms with E-state index in [1.54, 1.807) is 13.8 Å². The number of esters is 1. The molecule has 0 aromatic carbocycles. The average molecular weight is 337 g/mol. The second kappa shape index (κ2) is 6.59. The maximum atomic E-state index is 12.0. The minimum absolute atomic E-state index is 0.429. The van der Waals surface area contributed by atoms with Gasteiger partial charge in [0.05, 0.1) is 18.6 Å². The van der Waals surface area contributed by atoms with Gasteiger partial charge in [0.25, 0.3) is 5.56 Å². The normalized spacial score (nSPS) is 29.4. The predicted octanol–water partition coefficient (Wildman–Crippen LogP) is -0.476. The topological polar surface area (TPSA) is 134 Å². The van der Waals surface area contributed by atoms with Crippen molar-refractivity contribution in [2.24, 2.45) is 11.3 Å². The van der Waals surface area contributed by atoms with Crippen molar-refractivity contribution < 1.29 is 19.4 Å². The molecular weight excluding hydrogens is 318 g/mol. The van der Waals surface area contributed by atoms with E-state index in [2.05, 4.69) is 4.98 Å². The fraction of sp³-hybridized carbons (Fsp3) is 0.600. The van der Waals surface area contributed by atoms with E-state index in [4.69, 9.17) is 9.47 Å². The Morgan fingerprint density at radius 1 is 1.58 bits per heavy atom. The Hall–Kier alpha value is -2.44. The SMILES string of the molecule is CC(C)C(=O)O[C@@H]1[C@@H](CO)O[C@@H](n2ccc(=O)[nH]c2=O)[C@]1(C)C#N. The number of nitrogens with one attached hydrogen (secondary N) is 1. The molecule has 1 aliphatic rings. The molecular formula is C15H19N3O6. The van der Waals surface area contributed by atoms with Gasteiger partial charge in [-0.2, -0.15) is 5.26 Å². The van der Waals surface area contributed by atoms with E-state index in [0.29, 0.717) is 0 Å². The number of rotatable bonds is 4. The highest BCUT2D eigenvalue weighted by Gasteiger charge is 2.57. The number of hydrogen-bond donors (Lipinski definition) is 2. The molecule has 2 N–H and O–H groups in total. The summed E-state index contributed by atoms with van der Waals surface area (Å²) in [6, 6.07) is 3.14. The molecule has 9 nitrogen and oxygen atoms in total. The smallest absolute Gasteiger partial charge is 0.330 e. The number of aromatic amines is 1. The van der Waals surface area contributed by atoms with Crippen LogP contribution < -0.4 is 11.2 Å². The molecule has 9 heteroatoms. The van der Waals surface area contributed by atoms with Gasteiger partial charge in [0.1, 0.15) is 11.5 Å². The van der Waals surface area contributed by atoms with Crippen molar-refractivity contribution in [3.63, 3.8) is 0 Å². The summed E-state index contributed by atoms with van der Waals surface area (Å²) in [6.45, 7) is 4.25. The number of aromatic nitrogens is 2. The molecule has 0 aliphatic carbocycles. The van der Waals surface area contributed by atoms with E-state index in [0.717, 1.165) is 10.6 Å². The molecule has 130 valence electrons. The molecule has 4 atom stereocenters. The third kappa shape index (κ3) is 2.98. The number of aliphatic hydroxyl groups excluding tert-OH is 1. The Labute approximate surface area is 137 Å². The maximum Gasteiger partial charge on any atom is 0.330 e. The van der Waals surface area contributed by atoms with Crippen LogP contribution >= 0.6 is 0 Å². The Bertz CT molecular complexity index is 776. The molecule has 0 saturated carbocycles. The van der Waals surface area contributed by atoms with Crippen LogP contribution in [0.3, 0.4) is 0 Å². The lowest BCUT2D eigenvalue weighted by atomic mass is 9.83. The van der Waals surface area contributed by atoms with Gasteiger partial charge in [0.2, 0.25) is 0 Å². The Kier molecular flexibility index (Phi) is 4.91. The summed E-state index contributed by atoms with van der Waals surface area (Å²) >= 11 is 0. The van der Waals surface area contributed by atoms with E-state index >= 15 is 0 Å². The molecule has 1 aliphatic heterocycles. The van der Waals surface area contributed by atoms with Gasteiger partial charge >= 0.3 is 11.7 Å². The number of hydrogen-bond acceptors (Lipinski definition) is 7. The van der Waals surface area contributed by atoms with Crippen LogP contribution in [0.1, 0.15) is 27.0 Å². The zero-order valence-electron chi connectivity index (χ0n) is 13.6. The van der Waals surface area contributed by atoms with Crippen molar-refractivity contribution in [3.8, 4) is 6.07 Å². The summed E-state index contributed by atoms with van der Waals surface area (Å²) in [6.07, 6.45) is -1.97. The maximum absolute atomic E-state index is 12.0. The number of aliphatic hydroxyl groups is 1. The minimum Gasteiger partial charge on any atom is -0.457 e. The van der Waals surface area contributed by atoms with Crippen molar-refractivity contribution in [2.75, 3.05) is 6.61 Å². The van der Waals surface area contributed by atoms with Gasteiger partial charge in [-0.25, -0.2) is 4.79 Å². The summed E-state index contributed by atoms with van der Waals surface area (Å²) < 4.78 is 12.0. The molecule has 1 aromatic rings. The second-order valence-corrected chi connectivity index (χ2v) is 6.13. The monoisotopic (exact) mass is 337 g/mol. The molecule has 1 aromatic heterocycles. The third-order valence-corrected chi connectivity index (χ3v) is 3.98. The van der Waals surface area contributed by atoms with Gasteiger partial charge in [-0.15, -0.1) is 0 Å². The quantitative estimate of drug-likeness (QED) is 0.709. The average Bonchev–Trinajstić information content (AvgIpc) is 2.80. The van der Waals surface area contributed by atoms with Gasteiger partial charge in [-0.05, 0) is 6.92 Å². The van der Waals surface area contributed by atoms with Crippen molar-refractivity contribution in [2.45, 2.75) is 39.2 Å². The first kappa shape index (κ1) is 17.9. The number of nitrogens with zero attached hydrogens (tertiary/aromatic N) is 2. The minimum atomic E-state index is -1.43. The van der Waals surface area contributed by atoms with Crippen LogP contribution in [0, 0.1) is 22.7 Å². The molecule has 1 saturated heterocycles. The lowest BCUT2D eigenvalue weighted by Crippen LogP contribution is -2.43. The Morgan fingerprint density at radius 3 is 2.75 bits per heavy atom. The summed E-state index contributed by atoms with van der Waals surface area (Å²) in [5.74, 6) is -0.972. The summed E-state index contributed by atoms with van der Waals surface area (Å²) in [5, 5.41) is 19.2. The van der Waals surface area contributed by atoms with E-state index < -0.39 is 53.6 Å². The van der Waals surface area contributed by atoms with Crippen molar-refractivity contribution >= 4 is 5.97 Å². The van der Waals surface area contributed by atoms with Crippen molar-refractivity contribution in [3.05, 3.63) is 33.1 Å². The molecule has 24 heavy (non-hydrogen) atoms. The molecule has 0 radical (unpaired) electrons. The van der Waals surface area contributed by atoms with Crippen molar-refractivity contribution in [1.82, 2.24) is 9.55 Å². The zero-order valence-corrected chi connectivity index (χ0v) is 13.6. The largest absolute Gasteiger partial charge is 0.457 e. The number of ether oxygens (including phenoxy) is 2. The summed E-state index contributed by atoms with van der Waals surface area (Å²) in [7, 11) is 0. The fourth-order valence-corrected chi connectivity index (χ4v) is 2.59. The first-order chi connectivity index (χ1) is 11.2. The molecule has 2 rings (SSSR count). The second-order valence-electron chi connectivity index (χ2n) is 6.13. The first-order valence-electron chi connectivity index (χ1n) is 7.44. The molecule has 1 fully saturated rings. The van der Waals surface area contributed by atoms with Crippen LogP contribution in [0.4, 0.5) is 0 Å². The summed E-state index contributed by atoms with van der Waals surface area (Å²) in [4.78, 5) is 37.2. The highest BCUT2D eigenvalue weighted by molar-refractivity contribution is 5.71. The highest BCUT2D eigenvalue weighted by atomic mass is 16.6. The highest BCUT2D eigenvalue weighted by Crippen LogP contribution is 2.46. The number of carbonyl (C=O) groups is 1. The van der Waals surface area contributed by atoms with E-state index in [9.17, 15) is 24.8 Å². The zero-order chi connectivity index (χ0) is 18.1. The third-order valence-electron chi connectivity index (χ3n) is 3.98. The standard InChI is InChI=1S/C15H19N3O6/c1-8(2)12(21)24-11-9(6-19)23-13(15(11,3)7-16)18-5-4-10(20)17-14(18)22/h4-5,8-9,11,13,19H,6H2,1-3H3,(H,17,20,22)/t9-,11-,13-,15-/m1/s1. The molecule has 0 amide bonds. The lowest BCUT2D eigenvalue weighted by molar-refractivity contribution is -0.159. The van der Waals surface area contributed by atoms with Gasteiger partial charge in [-0.1, -0.05) is 13.8 Å². The van der Waals surface area contributed by atoms with E-state index in [1.807, 2.05) is 6.07 Å². The van der Waals surface area contributed by atoms with E-state index in [-0.39, 0.29) is 0 Å². The van der Waals surface area contributed by atoms with Crippen LogP contribution in [-0.4, -0.2) is 39.4 Å². The lowest BCUT2D eigenvalue weighted by Gasteiger charge is -2.29. The van der Waals surface area contributed by atoms with Crippen molar-refractivity contribution in [1.29, 1.82) is 5.26 Å². The van der Waals surface area contributed by atoms with Gasteiger partial charge < -0.3 is 14.6 Å². The van der Waals surface area contributed by atoms with Gasteiger partial charge in [0, 0.05) is 12.3 Å². The number of nitriles is 1. The number of carbonyl (C=O) groups excluding carboxylic acids is 1. The van der Waals surface area contributed by atoms with Crippen LogP contribution in [0.2, 0.25) is 0 Å². The molecule has 2 heterocycles. The summed E-state index contributed by atoms with van der Waals surface area (Å²) in [5.41, 5.74) is -2.78. The number of H-pyrrole nitrogens is 1. The van der Waals surface area contributed by atoms with Crippen LogP contribution in [0.5, 0.6) is 0 Å².